The van der Waals surface area contributed by atoms with Crippen LogP contribution in [-0.4, -0.2) is 36.4 Å². The van der Waals surface area contributed by atoms with Crippen LogP contribution in [0.4, 0.5) is 9.93 Å². The number of amides is 2. The molecule has 9 heteroatoms. The summed E-state index contributed by atoms with van der Waals surface area (Å²) in [5.74, 6) is 2.38. The first-order chi connectivity index (χ1) is 12.2. The monoisotopic (exact) mass is 381 g/mol. The molecule has 2 amide bonds. The minimum absolute atomic E-state index is 0.236. The van der Waals surface area contributed by atoms with Crippen molar-refractivity contribution in [1.82, 2.24) is 10.3 Å². The second-order valence-corrected chi connectivity index (χ2v) is 7.03. The van der Waals surface area contributed by atoms with Gasteiger partial charge < -0.3 is 19.5 Å². The second-order valence-electron chi connectivity index (χ2n) is 5.18. The average Bonchev–Trinajstić information content (AvgIpc) is 3.25. The van der Waals surface area contributed by atoms with Crippen LogP contribution in [0.3, 0.4) is 0 Å². The Morgan fingerprint density at radius 3 is 3.16 bits per heavy atom. The Labute approximate surface area is 154 Å². The minimum Gasteiger partial charge on any atom is -0.454 e. The molecule has 1 aromatic heterocycles. The number of benzene rings is 1. The molecule has 7 nitrogen and oxygen atoms in total. The lowest BCUT2D eigenvalue weighted by atomic mass is 10.2. The van der Waals surface area contributed by atoms with E-state index in [0.717, 1.165) is 22.8 Å². The quantitative estimate of drug-likeness (QED) is 0.684. The molecule has 0 saturated carbocycles. The Hall–Kier alpha value is -1.97. The summed E-state index contributed by atoms with van der Waals surface area (Å²) in [6, 6.07) is 5.28. The third kappa shape index (κ3) is 5.25. The number of aromatic nitrogens is 1. The molecule has 0 bridgehead atoms. The van der Waals surface area contributed by atoms with E-state index >= 15 is 0 Å². The zero-order valence-electron chi connectivity index (χ0n) is 13.7. The molecule has 0 spiro atoms. The van der Waals surface area contributed by atoms with Crippen LogP contribution in [0.2, 0.25) is 0 Å². The van der Waals surface area contributed by atoms with E-state index in [1.54, 1.807) is 11.8 Å². The number of thioether (sulfide) groups is 1. The first kappa shape index (κ1) is 17.8. The van der Waals surface area contributed by atoms with Crippen molar-refractivity contribution in [3.63, 3.8) is 0 Å². The van der Waals surface area contributed by atoms with Gasteiger partial charge in [-0.05, 0) is 24.0 Å². The molecular weight excluding hydrogens is 362 g/mol. The Kier molecular flexibility index (Phi) is 6.37. The number of thiazole rings is 1. The van der Waals surface area contributed by atoms with E-state index in [4.69, 9.17) is 14.2 Å². The Balaban J connectivity index is 1.42. The number of hydrogen-bond donors (Lipinski definition) is 2. The van der Waals surface area contributed by atoms with Crippen LogP contribution in [0, 0.1) is 0 Å². The molecule has 1 aromatic carbocycles. The van der Waals surface area contributed by atoms with Crippen molar-refractivity contribution >= 4 is 34.3 Å². The van der Waals surface area contributed by atoms with Gasteiger partial charge in [-0.2, -0.15) is 11.8 Å². The summed E-state index contributed by atoms with van der Waals surface area (Å²) >= 11 is 3.11. The zero-order chi connectivity index (χ0) is 17.5. The summed E-state index contributed by atoms with van der Waals surface area (Å²) < 4.78 is 16.1. The van der Waals surface area contributed by atoms with Crippen LogP contribution in [0.15, 0.2) is 23.6 Å². The van der Waals surface area contributed by atoms with E-state index in [0.29, 0.717) is 30.6 Å². The van der Waals surface area contributed by atoms with Gasteiger partial charge >= 0.3 is 6.03 Å². The number of carbonyl (C=O) groups excluding carboxylic acids is 1. The normalized spacial score (nSPS) is 12.2. The smallest absolute Gasteiger partial charge is 0.321 e. The molecule has 2 heterocycles. The standard InChI is InChI=1S/C16H19N3O4S2/c1-24-5-4-21-8-12-9-25-16(18-12)19-15(20)17-7-11-2-3-13-14(6-11)23-10-22-13/h2-3,6,9H,4-5,7-8,10H2,1H3,(H2,17,18,19,20). The predicted octanol–water partition coefficient (Wildman–Crippen LogP) is 3.07. The fourth-order valence-electron chi connectivity index (χ4n) is 2.12. The van der Waals surface area contributed by atoms with Gasteiger partial charge in [-0.1, -0.05) is 6.07 Å². The molecule has 2 aromatic rings. The number of nitrogens with zero attached hydrogens (tertiary/aromatic N) is 1. The minimum atomic E-state index is -0.304. The van der Waals surface area contributed by atoms with Crippen molar-refractivity contribution in [3.05, 3.63) is 34.8 Å². The highest BCUT2D eigenvalue weighted by molar-refractivity contribution is 7.98. The van der Waals surface area contributed by atoms with Crippen molar-refractivity contribution in [3.8, 4) is 11.5 Å². The zero-order valence-corrected chi connectivity index (χ0v) is 15.4. The van der Waals surface area contributed by atoms with E-state index in [2.05, 4.69) is 15.6 Å². The van der Waals surface area contributed by atoms with E-state index in [-0.39, 0.29) is 12.8 Å². The molecule has 0 radical (unpaired) electrons. The maximum absolute atomic E-state index is 12.0. The van der Waals surface area contributed by atoms with Gasteiger partial charge in [-0.25, -0.2) is 9.78 Å². The highest BCUT2D eigenvalue weighted by atomic mass is 32.2. The third-order valence-corrected chi connectivity index (χ3v) is 4.73. The number of rotatable bonds is 8. The van der Waals surface area contributed by atoms with Crippen molar-refractivity contribution in [1.29, 1.82) is 0 Å². The fraction of sp³-hybridized carbons (Fsp3) is 0.375. The van der Waals surface area contributed by atoms with Crippen molar-refractivity contribution in [2.75, 3.05) is 30.7 Å². The number of ether oxygens (including phenoxy) is 3. The average molecular weight is 381 g/mol. The van der Waals surface area contributed by atoms with Gasteiger partial charge in [0.1, 0.15) is 0 Å². The molecule has 0 saturated heterocycles. The fourth-order valence-corrected chi connectivity index (χ4v) is 3.10. The highest BCUT2D eigenvalue weighted by Gasteiger charge is 2.13. The molecule has 1 aliphatic heterocycles. The van der Waals surface area contributed by atoms with Gasteiger partial charge in [0, 0.05) is 17.7 Å². The number of nitrogens with one attached hydrogen (secondary N) is 2. The molecule has 3 rings (SSSR count). The molecule has 0 unspecified atom stereocenters. The molecule has 1 aliphatic rings. The van der Waals surface area contributed by atoms with E-state index in [1.165, 1.54) is 11.3 Å². The lowest BCUT2D eigenvalue weighted by Crippen LogP contribution is -2.28. The van der Waals surface area contributed by atoms with E-state index in [1.807, 2.05) is 29.8 Å². The van der Waals surface area contributed by atoms with Crippen LogP contribution in [0.25, 0.3) is 0 Å². The Morgan fingerprint density at radius 1 is 1.40 bits per heavy atom. The molecule has 0 fully saturated rings. The second kappa shape index (κ2) is 8.93. The number of anilines is 1. The summed E-state index contributed by atoms with van der Waals surface area (Å²) in [6.07, 6.45) is 2.04. The van der Waals surface area contributed by atoms with Gasteiger partial charge in [-0.3, -0.25) is 5.32 Å². The van der Waals surface area contributed by atoms with Gasteiger partial charge in [0.25, 0.3) is 0 Å². The summed E-state index contributed by atoms with van der Waals surface area (Å²) in [7, 11) is 0. The molecule has 134 valence electrons. The maximum atomic E-state index is 12.0. The van der Waals surface area contributed by atoms with Gasteiger partial charge in [0.05, 0.1) is 18.9 Å². The molecular formula is C16H19N3O4S2. The molecule has 2 N–H and O–H groups in total. The Bertz CT molecular complexity index is 723. The van der Waals surface area contributed by atoms with Gasteiger partial charge in [-0.15, -0.1) is 11.3 Å². The lowest BCUT2D eigenvalue weighted by Gasteiger charge is -2.06. The first-order valence-electron chi connectivity index (χ1n) is 7.69. The molecule has 0 aliphatic carbocycles. The topological polar surface area (TPSA) is 81.7 Å². The SMILES string of the molecule is CSCCOCc1csc(NC(=O)NCc2ccc3c(c2)OCO3)n1. The number of hydrogen-bond acceptors (Lipinski definition) is 7. The van der Waals surface area contributed by atoms with Crippen LogP contribution in [0.5, 0.6) is 11.5 Å². The number of carbonyl (C=O) groups is 1. The van der Waals surface area contributed by atoms with Crippen LogP contribution in [0.1, 0.15) is 11.3 Å². The first-order valence-corrected chi connectivity index (χ1v) is 9.96. The van der Waals surface area contributed by atoms with Crippen molar-refractivity contribution < 1.29 is 19.0 Å². The Morgan fingerprint density at radius 2 is 2.28 bits per heavy atom. The lowest BCUT2D eigenvalue weighted by molar-refractivity contribution is 0.134. The summed E-state index contributed by atoms with van der Waals surface area (Å²) in [5.41, 5.74) is 1.75. The van der Waals surface area contributed by atoms with Gasteiger partial charge in [0.2, 0.25) is 6.79 Å². The van der Waals surface area contributed by atoms with Gasteiger partial charge in [0.15, 0.2) is 16.6 Å². The van der Waals surface area contributed by atoms with E-state index in [9.17, 15) is 4.79 Å². The van der Waals surface area contributed by atoms with Crippen molar-refractivity contribution in [2.45, 2.75) is 13.2 Å². The predicted molar refractivity (Wildman–Crippen MR) is 98.6 cm³/mol. The maximum Gasteiger partial charge on any atom is 0.321 e. The van der Waals surface area contributed by atoms with Crippen LogP contribution in [-0.2, 0) is 17.9 Å². The summed E-state index contributed by atoms with van der Waals surface area (Å²) in [6.45, 7) is 1.77. The van der Waals surface area contributed by atoms with Crippen LogP contribution < -0.4 is 20.1 Å². The summed E-state index contributed by atoms with van der Waals surface area (Å²) in [4.78, 5) is 16.3. The summed E-state index contributed by atoms with van der Waals surface area (Å²) in [5, 5.41) is 7.95. The number of fused-ring (bicyclic) bond motifs is 1. The van der Waals surface area contributed by atoms with E-state index < -0.39 is 0 Å². The highest BCUT2D eigenvalue weighted by Crippen LogP contribution is 2.32. The number of urea groups is 1. The molecule has 25 heavy (non-hydrogen) atoms. The third-order valence-electron chi connectivity index (χ3n) is 3.34. The van der Waals surface area contributed by atoms with Crippen molar-refractivity contribution in [2.24, 2.45) is 0 Å². The molecule has 0 atom stereocenters. The van der Waals surface area contributed by atoms with Crippen LogP contribution >= 0.6 is 23.1 Å². The largest absolute Gasteiger partial charge is 0.454 e.